The number of benzene rings is 1. The molecular formula is C23H25Cl2N3O4. The average molecular weight is 478 g/mol. The Morgan fingerprint density at radius 2 is 2.00 bits per heavy atom. The van der Waals surface area contributed by atoms with Crippen molar-refractivity contribution in [2.45, 2.75) is 51.8 Å². The number of ketones is 1. The van der Waals surface area contributed by atoms with Crippen LogP contribution in [0.5, 0.6) is 0 Å². The summed E-state index contributed by atoms with van der Waals surface area (Å²) in [6, 6.07) is 5.89. The number of hydrogen-bond donors (Lipinski definition) is 1. The van der Waals surface area contributed by atoms with Gasteiger partial charge < -0.3 is 14.6 Å². The van der Waals surface area contributed by atoms with Gasteiger partial charge in [-0.2, -0.15) is 0 Å². The smallest absolute Gasteiger partial charge is 0.325 e. The molecule has 0 bridgehead atoms. The van der Waals surface area contributed by atoms with Crippen molar-refractivity contribution in [2.24, 2.45) is 0 Å². The lowest BCUT2D eigenvalue weighted by molar-refractivity contribution is -0.130. The van der Waals surface area contributed by atoms with Gasteiger partial charge in [0, 0.05) is 45.7 Å². The third-order valence-corrected chi connectivity index (χ3v) is 6.88. The fourth-order valence-electron chi connectivity index (χ4n) is 4.50. The van der Waals surface area contributed by atoms with Gasteiger partial charge in [0.1, 0.15) is 5.54 Å². The third kappa shape index (κ3) is 3.93. The van der Waals surface area contributed by atoms with Crippen molar-refractivity contribution in [2.75, 3.05) is 13.2 Å². The summed E-state index contributed by atoms with van der Waals surface area (Å²) in [4.78, 5) is 39.9. The maximum atomic E-state index is 13.2. The Hall–Kier alpha value is -2.35. The van der Waals surface area contributed by atoms with Crippen molar-refractivity contribution in [3.05, 3.63) is 56.8 Å². The summed E-state index contributed by atoms with van der Waals surface area (Å²) in [6.45, 7) is 6.47. The van der Waals surface area contributed by atoms with Crippen LogP contribution >= 0.6 is 23.2 Å². The van der Waals surface area contributed by atoms with Crippen LogP contribution in [0, 0.1) is 13.8 Å². The fourth-order valence-corrected chi connectivity index (χ4v) is 5.10. The molecular weight excluding hydrogens is 453 g/mol. The predicted octanol–water partition coefficient (Wildman–Crippen LogP) is 4.24. The summed E-state index contributed by atoms with van der Waals surface area (Å²) in [5.74, 6) is -0.833. The highest BCUT2D eigenvalue weighted by atomic mass is 35.5. The minimum atomic E-state index is -1.38. The van der Waals surface area contributed by atoms with Crippen molar-refractivity contribution in [3.8, 4) is 0 Å². The lowest BCUT2D eigenvalue weighted by Crippen LogP contribution is -2.41. The zero-order valence-electron chi connectivity index (χ0n) is 18.2. The summed E-state index contributed by atoms with van der Waals surface area (Å²) in [5.41, 5.74) is 1.29. The first kappa shape index (κ1) is 22.8. The number of aryl methyl sites for hydroxylation is 1. The van der Waals surface area contributed by atoms with Crippen LogP contribution in [-0.2, 0) is 21.6 Å². The van der Waals surface area contributed by atoms with Gasteiger partial charge in [0.05, 0.1) is 12.6 Å². The van der Waals surface area contributed by atoms with Crippen molar-refractivity contribution in [1.82, 2.24) is 14.8 Å². The molecule has 1 aromatic heterocycles. The van der Waals surface area contributed by atoms with Crippen molar-refractivity contribution >= 4 is 40.9 Å². The number of ether oxygens (including phenoxy) is 1. The van der Waals surface area contributed by atoms with Crippen LogP contribution in [0.2, 0.25) is 10.0 Å². The molecule has 170 valence electrons. The van der Waals surface area contributed by atoms with E-state index in [1.807, 2.05) is 13.8 Å². The molecule has 0 aliphatic carbocycles. The van der Waals surface area contributed by atoms with E-state index in [2.05, 4.69) is 9.88 Å². The van der Waals surface area contributed by atoms with E-state index in [0.717, 1.165) is 35.7 Å². The van der Waals surface area contributed by atoms with E-state index in [-0.39, 0.29) is 23.5 Å². The topological polar surface area (TPSA) is 80.6 Å². The largest absolute Gasteiger partial charge is 0.376 e. The van der Waals surface area contributed by atoms with Gasteiger partial charge in [-0.15, -0.1) is 0 Å². The number of carbonyl (C=O) groups excluding carboxylic acids is 3. The van der Waals surface area contributed by atoms with Crippen molar-refractivity contribution < 1.29 is 19.1 Å². The molecule has 0 unspecified atom stereocenters. The molecule has 0 radical (unpaired) electrons. The number of nitrogens with zero attached hydrogens (tertiary/aromatic N) is 2. The standard InChI is InChI=1S/C23H25Cl2N3O4/c1-13-9-17(14(2)27(13)11-16-5-4-8-32-16)20(29)12-28-21(30)23(3,26-22(28)31)18-7-6-15(24)10-19(18)25/h6-7,9-10,16H,4-5,8,11-12H2,1-3H3,(H,26,31)/t16-,23-/m1/s1. The number of imide groups is 1. The molecule has 2 aromatic rings. The second-order valence-corrected chi connectivity index (χ2v) is 9.37. The molecule has 32 heavy (non-hydrogen) atoms. The van der Waals surface area contributed by atoms with Gasteiger partial charge >= 0.3 is 6.03 Å². The molecule has 9 heteroatoms. The minimum absolute atomic E-state index is 0.138. The zero-order valence-corrected chi connectivity index (χ0v) is 19.7. The van der Waals surface area contributed by atoms with Gasteiger partial charge in [-0.05, 0) is 51.8 Å². The summed E-state index contributed by atoms with van der Waals surface area (Å²) in [6.07, 6.45) is 2.17. The second kappa shape index (κ2) is 8.54. The Morgan fingerprint density at radius 1 is 1.25 bits per heavy atom. The Morgan fingerprint density at radius 3 is 2.66 bits per heavy atom. The van der Waals surface area contributed by atoms with E-state index in [9.17, 15) is 14.4 Å². The quantitative estimate of drug-likeness (QED) is 0.498. The molecule has 2 saturated heterocycles. The first-order valence-corrected chi connectivity index (χ1v) is 11.3. The Bertz CT molecular complexity index is 1110. The lowest BCUT2D eigenvalue weighted by Gasteiger charge is -2.23. The number of nitrogens with one attached hydrogen (secondary N) is 1. The first-order valence-electron chi connectivity index (χ1n) is 10.5. The van der Waals surface area contributed by atoms with E-state index in [4.69, 9.17) is 27.9 Å². The molecule has 2 aliphatic rings. The van der Waals surface area contributed by atoms with Gasteiger partial charge in [-0.3, -0.25) is 14.5 Å². The number of rotatable bonds is 6. The van der Waals surface area contributed by atoms with E-state index < -0.39 is 17.5 Å². The maximum Gasteiger partial charge on any atom is 0.325 e. The van der Waals surface area contributed by atoms with Gasteiger partial charge in [-0.1, -0.05) is 29.3 Å². The second-order valence-electron chi connectivity index (χ2n) is 8.52. The SMILES string of the molecule is Cc1cc(C(=O)CN2C(=O)N[C@](C)(c3ccc(Cl)cc3Cl)C2=O)c(C)n1C[C@H]1CCCO1. The summed E-state index contributed by atoms with van der Waals surface area (Å²) < 4.78 is 7.79. The zero-order chi connectivity index (χ0) is 23.2. The monoisotopic (exact) mass is 477 g/mol. The molecule has 2 atom stereocenters. The normalized spacial score (nSPS) is 23.2. The average Bonchev–Trinajstić information content (AvgIpc) is 3.39. The summed E-state index contributed by atoms with van der Waals surface area (Å²) in [7, 11) is 0. The van der Waals surface area contributed by atoms with Crippen LogP contribution < -0.4 is 5.32 Å². The highest BCUT2D eigenvalue weighted by Crippen LogP contribution is 2.35. The van der Waals surface area contributed by atoms with E-state index in [1.54, 1.807) is 25.1 Å². The molecule has 2 aliphatic heterocycles. The van der Waals surface area contributed by atoms with Crippen molar-refractivity contribution in [1.29, 1.82) is 0 Å². The van der Waals surface area contributed by atoms with Crippen LogP contribution in [0.3, 0.4) is 0 Å². The van der Waals surface area contributed by atoms with Crippen LogP contribution in [0.4, 0.5) is 4.79 Å². The number of hydrogen-bond acceptors (Lipinski definition) is 4. The maximum absolute atomic E-state index is 13.2. The molecule has 1 aromatic carbocycles. The van der Waals surface area contributed by atoms with Gasteiger partial charge in [0.25, 0.3) is 5.91 Å². The number of carbonyl (C=O) groups is 3. The Labute approximate surface area is 196 Å². The van der Waals surface area contributed by atoms with Crippen LogP contribution in [0.1, 0.15) is 47.1 Å². The Balaban J connectivity index is 1.55. The molecule has 1 N–H and O–H groups in total. The minimum Gasteiger partial charge on any atom is -0.376 e. The van der Waals surface area contributed by atoms with Gasteiger partial charge in [-0.25, -0.2) is 4.79 Å². The number of urea groups is 1. The number of aromatic nitrogens is 1. The summed E-state index contributed by atoms with van der Waals surface area (Å²) in [5, 5.41) is 3.36. The van der Waals surface area contributed by atoms with Crippen molar-refractivity contribution in [3.63, 3.8) is 0 Å². The molecule has 4 rings (SSSR count). The third-order valence-electron chi connectivity index (χ3n) is 6.33. The van der Waals surface area contributed by atoms with Crippen LogP contribution in [0.25, 0.3) is 0 Å². The van der Waals surface area contributed by atoms with E-state index in [1.165, 1.54) is 6.07 Å². The number of amides is 3. The molecule has 7 nitrogen and oxygen atoms in total. The predicted molar refractivity (Wildman–Crippen MR) is 121 cm³/mol. The molecule has 3 heterocycles. The number of Topliss-reactive ketones (excluding diaryl/α,β-unsaturated/α-hetero) is 1. The molecule has 2 fully saturated rings. The van der Waals surface area contributed by atoms with Crippen LogP contribution in [0.15, 0.2) is 24.3 Å². The molecule has 3 amide bonds. The number of halogens is 2. The Kier molecular flexibility index (Phi) is 6.09. The molecule has 0 spiro atoms. The van der Waals surface area contributed by atoms with E-state index >= 15 is 0 Å². The fraction of sp³-hybridized carbons (Fsp3) is 0.435. The van der Waals surface area contributed by atoms with E-state index in [0.29, 0.717) is 22.7 Å². The first-order chi connectivity index (χ1) is 15.1. The van der Waals surface area contributed by atoms with Gasteiger partial charge in [0.2, 0.25) is 0 Å². The van der Waals surface area contributed by atoms with Crippen LogP contribution in [-0.4, -0.2) is 46.4 Å². The molecule has 0 saturated carbocycles. The highest BCUT2D eigenvalue weighted by molar-refractivity contribution is 6.35. The highest BCUT2D eigenvalue weighted by Gasteiger charge is 2.50. The van der Waals surface area contributed by atoms with Gasteiger partial charge in [0.15, 0.2) is 5.78 Å². The summed E-state index contributed by atoms with van der Waals surface area (Å²) >= 11 is 12.2. The lowest BCUT2D eigenvalue weighted by atomic mass is 9.92.